The topological polar surface area (TPSA) is 81.9 Å². The van der Waals surface area contributed by atoms with Crippen LogP contribution in [0, 0.1) is 10.1 Å². The summed E-state index contributed by atoms with van der Waals surface area (Å²) in [6.45, 7) is 1.27. The number of nitro benzene ring substituents is 1. The number of nitro groups is 1. The second-order valence-corrected chi connectivity index (χ2v) is 4.82. The van der Waals surface area contributed by atoms with E-state index in [9.17, 15) is 14.9 Å². The molecule has 7 heteroatoms. The second kappa shape index (κ2) is 6.92. The Morgan fingerprint density at radius 2 is 2.05 bits per heavy atom. The van der Waals surface area contributed by atoms with Crippen LogP contribution in [0.5, 0.6) is 11.5 Å². The van der Waals surface area contributed by atoms with Gasteiger partial charge in [0.2, 0.25) is 0 Å². The molecule has 7 nitrogen and oxygen atoms in total. The number of hydrogen-bond donors (Lipinski definition) is 0. The average molecular weight is 294 g/mol. The minimum absolute atomic E-state index is 0.0751. The van der Waals surface area contributed by atoms with E-state index in [4.69, 9.17) is 9.47 Å². The van der Waals surface area contributed by atoms with Crippen LogP contribution in [0.3, 0.4) is 0 Å². The molecule has 0 spiro atoms. The van der Waals surface area contributed by atoms with E-state index in [1.54, 1.807) is 11.0 Å². The minimum atomic E-state index is -0.552. The molecule has 0 aliphatic carbocycles. The first-order valence-corrected chi connectivity index (χ1v) is 6.85. The maximum Gasteiger partial charge on any atom is 0.314 e. The van der Waals surface area contributed by atoms with E-state index in [2.05, 4.69) is 0 Å². The molecule has 114 valence electrons. The van der Waals surface area contributed by atoms with Gasteiger partial charge in [0.1, 0.15) is 5.75 Å². The second-order valence-electron chi connectivity index (χ2n) is 4.82. The zero-order valence-electron chi connectivity index (χ0n) is 11.9. The number of carbonyl (C=O) groups excluding carboxylic acids is 1. The number of carbonyl (C=O) groups is 1. The van der Waals surface area contributed by atoms with E-state index in [1.165, 1.54) is 19.2 Å². The van der Waals surface area contributed by atoms with Crippen LogP contribution < -0.4 is 9.47 Å². The van der Waals surface area contributed by atoms with Crippen molar-refractivity contribution in [1.82, 2.24) is 4.90 Å². The molecule has 0 unspecified atom stereocenters. The summed E-state index contributed by atoms with van der Waals surface area (Å²) >= 11 is 0. The molecule has 1 aromatic carbocycles. The van der Waals surface area contributed by atoms with Crippen LogP contribution in [0.2, 0.25) is 0 Å². The fourth-order valence-corrected chi connectivity index (χ4v) is 2.26. The number of hydrogen-bond acceptors (Lipinski definition) is 5. The van der Waals surface area contributed by atoms with Gasteiger partial charge in [-0.25, -0.2) is 0 Å². The number of methoxy groups -OCH3 is 1. The predicted octanol–water partition coefficient (Wildman–Crippen LogP) is 1.99. The number of benzene rings is 1. The van der Waals surface area contributed by atoms with Crippen molar-refractivity contribution in [3.8, 4) is 11.5 Å². The highest BCUT2D eigenvalue weighted by molar-refractivity contribution is 5.78. The molecule has 0 N–H and O–H groups in total. The Hall–Kier alpha value is -2.31. The number of nitrogens with zero attached hydrogens (tertiary/aromatic N) is 2. The standard InChI is InChI=1S/C14H18N2O5/c1-20-11-5-6-13(12(9-11)16(18)19)21-10-14(17)15-7-3-2-4-8-15/h5-6,9H,2-4,7-8,10H2,1H3. The van der Waals surface area contributed by atoms with Gasteiger partial charge in [-0.15, -0.1) is 0 Å². The monoisotopic (exact) mass is 294 g/mol. The predicted molar refractivity (Wildman–Crippen MR) is 75.6 cm³/mol. The number of rotatable bonds is 5. The quantitative estimate of drug-likeness (QED) is 0.612. The van der Waals surface area contributed by atoms with Crippen molar-refractivity contribution in [2.24, 2.45) is 0 Å². The third-order valence-corrected chi connectivity index (χ3v) is 3.42. The van der Waals surface area contributed by atoms with Gasteiger partial charge in [0.25, 0.3) is 5.91 Å². The van der Waals surface area contributed by atoms with Crippen molar-refractivity contribution in [2.75, 3.05) is 26.8 Å². The van der Waals surface area contributed by atoms with Gasteiger partial charge >= 0.3 is 5.69 Å². The molecule has 1 aromatic rings. The van der Waals surface area contributed by atoms with Gasteiger partial charge in [-0.2, -0.15) is 0 Å². The van der Waals surface area contributed by atoms with E-state index in [0.717, 1.165) is 32.4 Å². The number of piperidine rings is 1. The summed E-state index contributed by atoms with van der Waals surface area (Å²) in [6, 6.07) is 4.29. The Labute approximate surface area is 122 Å². The van der Waals surface area contributed by atoms with Crippen LogP contribution in [0.4, 0.5) is 5.69 Å². The van der Waals surface area contributed by atoms with Crippen LogP contribution in [0.25, 0.3) is 0 Å². The van der Waals surface area contributed by atoms with Gasteiger partial charge in [-0.05, 0) is 31.4 Å². The summed E-state index contributed by atoms with van der Waals surface area (Å²) in [7, 11) is 1.43. The maximum atomic E-state index is 12.0. The molecule has 1 fully saturated rings. The molecule has 1 amide bonds. The van der Waals surface area contributed by atoms with Crippen LogP contribution >= 0.6 is 0 Å². The molecule has 0 bridgehead atoms. The number of ether oxygens (including phenoxy) is 2. The summed E-state index contributed by atoms with van der Waals surface area (Å²) in [5.41, 5.74) is -0.208. The van der Waals surface area contributed by atoms with Crippen molar-refractivity contribution in [2.45, 2.75) is 19.3 Å². The lowest BCUT2D eigenvalue weighted by Gasteiger charge is -2.26. The highest BCUT2D eigenvalue weighted by Crippen LogP contribution is 2.31. The van der Waals surface area contributed by atoms with E-state index in [0.29, 0.717) is 5.75 Å². The van der Waals surface area contributed by atoms with Crippen molar-refractivity contribution in [1.29, 1.82) is 0 Å². The average Bonchev–Trinajstić information content (AvgIpc) is 2.53. The summed E-state index contributed by atoms with van der Waals surface area (Å²) in [5.74, 6) is 0.308. The van der Waals surface area contributed by atoms with Gasteiger partial charge in [0.05, 0.1) is 18.1 Å². The van der Waals surface area contributed by atoms with Gasteiger partial charge < -0.3 is 14.4 Å². The van der Waals surface area contributed by atoms with Crippen molar-refractivity contribution in [3.63, 3.8) is 0 Å². The minimum Gasteiger partial charge on any atom is -0.496 e. The smallest absolute Gasteiger partial charge is 0.314 e. The van der Waals surface area contributed by atoms with Crippen LogP contribution in [-0.4, -0.2) is 42.5 Å². The summed E-state index contributed by atoms with van der Waals surface area (Å²) in [4.78, 5) is 24.2. The molecule has 0 radical (unpaired) electrons. The SMILES string of the molecule is COc1ccc(OCC(=O)N2CCCCC2)c([N+](=O)[O-])c1. The molecule has 0 aromatic heterocycles. The molecular weight excluding hydrogens is 276 g/mol. The van der Waals surface area contributed by atoms with Crippen molar-refractivity contribution in [3.05, 3.63) is 28.3 Å². The lowest BCUT2D eigenvalue weighted by atomic mass is 10.1. The van der Waals surface area contributed by atoms with Crippen molar-refractivity contribution >= 4 is 11.6 Å². The Bertz CT molecular complexity index is 526. The third-order valence-electron chi connectivity index (χ3n) is 3.42. The first-order chi connectivity index (χ1) is 10.1. The van der Waals surface area contributed by atoms with Crippen molar-refractivity contribution < 1.29 is 19.2 Å². The first kappa shape index (κ1) is 15.1. The molecule has 1 aliphatic rings. The summed E-state index contributed by atoms with van der Waals surface area (Å²) in [6.07, 6.45) is 3.12. The van der Waals surface area contributed by atoms with Gasteiger partial charge in [0.15, 0.2) is 12.4 Å². The van der Waals surface area contributed by atoms with Gasteiger partial charge in [0, 0.05) is 13.1 Å². The zero-order valence-corrected chi connectivity index (χ0v) is 11.9. The molecule has 2 rings (SSSR count). The van der Waals surface area contributed by atoms with Gasteiger partial charge in [-0.3, -0.25) is 14.9 Å². The fraction of sp³-hybridized carbons (Fsp3) is 0.500. The van der Waals surface area contributed by atoms with Crippen LogP contribution in [-0.2, 0) is 4.79 Å². The molecule has 0 atom stereocenters. The summed E-state index contributed by atoms with van der Waals surface area (Å²) < 4.78 is 10.3. The van der Waals surface area contributed by atoms with E-state index >= 15 is 0 Å². The van der Waals surface area contributed by atoms with Crippen LogP contribution in [0.1, 0.15) is 19.3 Å². The fourth-order valence-electron chi connectivity index (χ4n) is 2.26. The lowest BCUT2D eigenvalue weighted by Crippen LogP contribution is -2.38. The lowest BCUT2D eigenvalue weighted by molar-refractivity contribution is -0.385. The Kier molecular flexibility index (Phi) is 4.97. The number of amides is 1. The number of likely N-dealkylation sites (tertiary alicyclic amines) is 1. The molecular formula is C14H18N2O5. The largest absolute Gasteiger partial charge is 0.496 e. The molecule has 1 saturated heterocycles. The molecule has 21 heavy (non-hydrogen) atoms. The van der Waals surface area contributed by atoms with Crippen LogP contribution in [0.15, 0.2) is 18.2 Å². The normalized spacial score (nSPS) is 14.6. The third kappa shape index (κ3) is 3.84. The maximum absolute atomic E-state index is 12.0. The summed E-state index contributed by atoms with van der Waals surface area (Å²) in [5, 5.41) is 11.0. The zero-order chi connectivity index (χ0) is 15.2. The van der Waals surface area contributed by atoms with Gasteiger partial charge in [-0.1, -0.05) is 0 Å². The highest BCUT2D eigenvalue weighted by Gasteiger charge is 2.20. The van der Waals surface area contributed by atoms with E-state index in [-0.39, 0.29) is 24.0 Å². The Morgan fingerprint density at radius 3 is 2.67 bits per heavy atom. The van der Waals surface area contributed by atoms with E-state index < -0.39 is 4.92 Å². The Morgan fingerprint density at radius 1 is 1.33 bits per heavy atom. The first-order valence-electron chi connectivity index (χ1n) is 6.85. The molecule has 1 heterocycles. The highest BCUT2D eigenvalue weighted by atomic mass is 16.6. The molecule has 0 saturated carbocycles. The van der Waals surface area contributed by atoms with E-state index in [1.807, 2.05) is 0 Å². The Balaban J connectivity index is 2.02. The molecule has 1 aliphatic heterocycles.